The number of carbonyl (C=O) groups is 4. The van der Waals surface area contributed by atoms with E-state index in [-0.39, 0.29) is 52.1 Å². The van der Waals surface area contributed by atoms with E-state index in [0.29, 0.717) is 31.0 Å². The number of ether oxygens (including phenoxy) is 1. The second-order valence-corrected chi connectivity index (χ2v) is 14.8. The molecule has 0 heterocycles. The number of rotatable bonds is 6. The van der Waals surface area contributed by atoms with Gasteiger partial charge in [0.1, 0.15) is 17.6 Å². The number of fused-ring (bicyclic) bond motifs is 1. The lowest BCUT2D eigenvalue weighted by Gasteiger charge is -2.70. The number of Topliss-reactive ketones (excluding diaryl/α,β-unsaturated/α-hetero) is 2. The van der Waals surface area contributed by atoms with Crippen LogP contribution in [0.15, 0.2) is 42.0 Å². The first-order chi connectivity index (χ1) is 20.0. The minimum atomic E-state index is -0.751. The lowest BCUT2D eigenvalue weighted by molar-refractivity contribution is -0.195. The Morgan fingerprint density at radius 1 is 1.00 bits per heavy atom. The lowest BCUT2D eigenvalue weighted by atomic mass is 9.33. The predicted octanol–water partition coefficient (Wildman–Crippen LogP) is 5.88. The van der Waals surface area contributed by atoms with Crippen LogP contribution < -0.4 is 5.32 Å². The molecule has 0 saturated heterocycles. The molecule has 1 aromatic rings. The number of amides is 1. The lowest BCUT2D eigenvalue weighted by Crippen LogP contribution is -2.68. The quantitative estimate of drug-likeness (QED) is 0.339. The summed E-state index contributed by atoms with van der Waals surface area (Å²) in [4.78, 5) is 54.2. The Kier molecular flexibility index (Phi) is 7.29. The highest BCUT2D eigenvalue weighted by Gasteiger charge is 2.70. The molecule has 1 N–H and O–H groups in total. The molecule has 1 aromatic carbocycles. The van der Waals surface area contributed by atoms with Crippen molar-refractivity contribution in [3.05, 3.63) is 47.5 Å². The van der Waals surface area contributed by atoms with Crippen molar-refractivity contribution < 1.29 is 23.9 Å². The fourth-order valence-corrected chi connectivity index (χ4v) is 10.9. The van der Waals surface area contributed by atoms with Crippen molar-refractivity contribution in [3.8, 4) is 0 Å². The zero-order valence-corrected chi connectivity index (χ0v) is 25.9. The Bertz CT molecular complexity index is 1320. The second kappa shape index (κ2) is 10.4. The summed E-state index contributed by atoms with van der Waals surface area (Å²) in [7, 11) is 1.37. The molecule has 1 amide bonds. The monoisotopic (exact) mass is 573 g/mol. The second-order valence-electron chi connectivity index (χ2n) is 14.8. The number of benzene rings is 1. The highest BCUT2D eigenvalue weighted by atomic mass is 16.5. The van der Waals surface area contributed by atoms with Crippen molar-refractivity contribution in [1.82, 2.24) is 5.32 Å². The van der Waals surface area contributed by atoms with Crippen molar-refractivity contribution in [1.29, 1.82) is 0 Å². The van der Waals surface area contributed by atoms with Gasteiger partial charge in [0, 0.05) is 41.9 Å². The summed E-state index contributed by atoms with van der Waals surface area (Å²) in [6.45, 7) is 8.94. The Hall–Kier alpha value is -2.76. The number of methoxy groups -OCH3 is 1. The normalized spacial score (nSPS) is 39.5. The largest absolute Gasteiger partial charge is 0.467 e. The maximum absolute atomic E-state index is 14.3. The van der Waals surface area contributed by atoms with E-state index in [1.54, 1.807) is 0 Å². The minimum Gasteiger partial charge on any atom is -0.467 e. The highest BCUT2D eigenvalue weighted by Crippen LogP contribution is 2.74. The average molecular weight is 574 g/mol. The van der Waals surface area contributed by atoms with Gasteiger partial charge in [0.05, 0.1) is 7.11 Å². The van der Waals surface area contributed by atoms with Crippen LogP contribution in [0.25, 0.3) is 0 Å². The molecule has 9 atom stereocenters. The van der Waals surface area contributed by atoms with Crippen LogP contribution in [0.5, 0.6) is 0 Å². The summed E-state index contributed by atoms with van der Waals surface area (Å²) in [5, 5.41) is 3.14. The smallest absolute Gasteiger partial charge is 0.328 e. The molecule has 0 aromatic heterocycles. The van der Waals surface area contributed by atoms with Crippen molar-refractivity contribution >= 4 is 23.4 Å². The van der Waals surface area contributed by atoms with Crippen molar-refractivity contribution in [3.63, 3.8) is 0 Å². The first kappa shape index (κ1) is 29.3. The molecular formula is C36H47NO5. The van der Waals surface area contributed by atoms with Crippen LogP contribution in [-0.2, 0) is 30.3 Å². The van der Waals surface area contributed by atoms with Crippen LogP contribution in [0.3, 0.4) is 0 Å². The molecule has 1 spiro atoms. The van der Waals surface area contributed by atoms with Crippen LogP contribution in [-0.4, -0.2) is 36.6 Å². The number of carbonyl (C=O) groups excluding carboxylic acids is 4. The Balaban J connectivity index is 1.33. The number of hydrogen-bond donors (Lipinski definition) is 1. The summed E-state index contributed by atoms with van der Waals surface area (Å²) in [5.41, 5.74) is 1.29. The zero-order chi connectivity index (χ0) is 30.0. The first-order valence-electron chi connectivity index (χ1n) is 16.2. The molecule has 0 radical (unpaired) electrons. The van der Waals surface area contributed by atoms with Crippen LogP contribution in [0, 0.1) is 51.8 Å². The molecule has 1 unspecified atom stereocenters. The Morgan fingerprint density at radius 2 is 1.71 bits per heavy atom. The topological polar surface area (TPSA) is 89.5 Å². The van der Waals surface area contributed by atoms with Crippen molar-refractivity contribution in [2.45, 2.75) is 91.5 Å². The molecule has 6 nitrogen and oxygen atoms in total. The van der Waals surface area contributed by atoms with Gasteiger partial charge in [-0.25, -0.2) is 4.79 Å². The number of esters is 1. The van der Waals surface area contributed by atoms with E-state index in [1.807, 2.05) is 30.3 Å². The molecular weight excluding hydrogens is 526 g/mol. The summed E-state index contributed by atoms with van der Waals surface area (Å²) in [6, 6.07) is 8.98. The third kappa shape index (κ3) is 4.25. The molecule has 6 aliphatic carbocycles. The fourth-order valence-electron chi connectivity index (χ4n) is 10.9. The van der Waals surface area contributed by atoms with Gasteiger partial charge in [0.25, 0.3) is 0 Å². The number of ketones is 2. The van der Waals surface area contributed by atoms with E-state index < -0.39 is 17.4 Å². The molecule has 6 aliphatic rings. The molecule has 2 bridgehead atoms. The van der Waals surface area contributed by atoms with Crippen LogP contribution in [0.1, 0.15) is 84.6 Å². The molecule has 4 saturated carbocycles. The van der Waals surface area contributed by atoms with Gasteiger partial charge in [-0.05, 0) is 66.8 Å². The SMILES string of the molecule is COC(=O)[C@H](Cc1ccccc1)NC(=O)C1(C)CCC[C@]2(C)[C@H]3C[C@H]4C(C(C)C)=C[C@]3(CC[C@@H]12)[C@@H]1C(=O)CCC(=O)[C@@H]14. The van der Waals surface area contributed by atoms with Gasteiger partial charge < -0.3 is 10.1 Å². The zero-order valence-electron chi connectivity index (χ0n) is 25.9. The maximum atomic E-state index is 14.3. The predicted molar refractivity (Wildman–Crippen MR) is 160 cm³/mol. The Labute approximate surface area is 250 Å². The average Bonchev–Trinajstić information content (AvgIpc) is 2.97. The van der Waals surface area contributed by atoms with Gasteiger partial charge in [-0.1, -0.05) is 76.1 Å². The summed E-state index contributed by atoms with van der Waals surface area (Å²) >= 11 is 0. The van der Waals surface area contributed by atoms with Crippen molar-refractivity contribution in [2.75, 3.05) is 7.11 Å². The molecule has 0 aliphatic heterocycles. The highest BCUT2D eigenvalue weighted by molar-refractivity contribution is 5.98. The van der Waals surface area contributed by atoms with Gasteiger partial charge in [-0.3, -0.25) is 14.4 Å². The molecule has 42 heavy (non-hydrogen) atoms. The number of hydrogen-bond acceptors (Lipinski definition) is 5. The molecule has 4 fully saturated rings. The molecule has 226 valence electrons. The summed E-state index contributed by atoms with van der Waals surface area (Å²) in [5.74, 6) is 0.586. The van der Waals surface area contributed by atoms with Crippen molar-refractivity contribution in [2.24, 2.45) is 51.8 Å². The standard InChI is InChI=1S/C36H47NO5/c1-21(2)24-20-36-17-14-28-34(3,29(36)19-23(24)30-26(38)12-13-27(39)31(30)36)15-9-16-35(28,4)33(41)37-25(32(40)42-5)18-22-10-7-6-8-11-22/h6-8,10-11,20-21,23,25,28-31H,9,12-19H2,1-5H3,(H,37,41)/t23-,25-,28+,29+,30-,31+,34-,35?,36-/m0/s1. The third-order valence-electron chi connectivity index (χ3n) is 12.6. The van der Waals surface area contributed by atoms with Crippen LogP contribution in [0.2, 0.25) is 0 Å². The summed E-state index contributed by atoms with van der Waals surface area (Å²) < 4.78 is 5.11. The van der Waals surface area contributed by atoms with E-state index >= 15 is 0 Å². The van der Waals surface area contributed by atoms with E-state index in [0.717, 1.165) is 44.1 Å². The van der Waals surface area contributed by atoms with Crippen LogP contribution in [0.4, 0.5) is 0 Å². The minimum absolute atomic E-state index is 0.0677. The fraction of sp³-hybridized carbons (Fsp3) is 0.667. The maximum Gasteiger partial charge on any atom is 0.328 e. The number of nitrogens with one attached hydrogen (secondary N) is 1. The van der Waals surface area contributed by atoms with Gasteiger partial charge in [0.2, 0.25) is 5.91 Å². The van der Waals surface area contributed by atoms with Gasteiger partial charge in [-0.15, -0.1) is 0 Å². The molecule has 7 rings (SSSR count). The third-order valence-corrected chi connectivity index (χ3v) is 12.6. The first-order valence-corrected chi connectivity index (χ1v) is 16.2. The van der Waals surface area contributed by atoms with E-state index in [1.165, 1.54) is 12.7 Å². The van der Waals surface area contributed by atoms with Crippen LogP contribution >= 0.6 is 0 Å². The Morgan fingerprint density at radius 3 is 2.40 bits per heavy atom. The van der Waals surface area contributed by atoms with E-state index in [9.17, 15) is 19.2 Å². The van der Waals surface area contributed by atoms with E-state index in [2.05, 4.69) is 39.1 Å². The van der Waals surface area contributed by atoms with Gasteiger partial charge in [-0.2, -0.15) is 0 Å². The molecule has 6 heteroatoms. The number of allylic oxidation sites excluding steroid dienone is 2. The van der Waals surface area contributed by atoms with E-state index in [4.69, 9.17) is 4.74 Å². The van der Waals surface area contributed by atoms with Gasteiger partial charge >= 0.3 is 5.97 Å². The summed E-state index contributed by atoms with van der Waals surface area (Å²) in [6.07, 6.45) is 8.98. The van der Waals surface area contributed by atoms with Gasteiger partial charge in [0.15, 0.2) is 0 Å².